The molecule has 0 spiro atoms. The van der Waals surface area contributed by atoms with Gasteiger partial charge in [-0.25, -0.2) is 4.98 Å². The Labute approximate surface area is 109 Å². The largest absolute Gasteiger partial charge is 0.391 e. The van der Waals surface area contributed by atoms with Gasteiger partial charge in [0.1, 0.15) is 4.88 Å². The Hall–Kier alpha value is -0.650. The van der Waals surface area contributed by atoms with Gasteiger partial charge in [-0.2, -0.15) is 0 Å². The minimum absolute atomic E-state index is 0.0745. The Kier molecular flexibility index (Phi) is 4.01. The van der Waals surface area contributed by atoms with Crippen molar-refractivity contribution in [1.29, 1.82) is 0 Å². The molecule has 94 valence electrons. The molecule has 1 fully saturated rings. The van der Waals surface area contributed by atoms with Crippen molar-refractivity contribution in [3.8, 4) is 0 Å². The summed E-state index contributed by atoms with van der Waals surface area (Å²) in [6.07, 6.45) is 4.36. The average Bonchev–Trinajstić information content (AvgIpc) is 2.70. The number of aliphatic hydroxyl groups excluding tert-OH is 1. The molecule has 1 saturated carbocycles. The van der Waals surface area contributed by atoms with Crippen molar-refractivity contribution in [3.05, 3.63) is 10.0 Å². The summed E-state index contributed by atoms with van der Waals surface area (Å²) in [6, 6.07) is 0.0745. The maximum Gasteiger partial charge on any atom is 0.187 e. The van der Waals surface area contributed by atoms with E-state index in [2.05, 4.69) is 4.98 Å². The lowest BCUT2D eigenvalue weighted by atomic mass is 9.92. The fraction of sp³-hybridized carbons (Fsp3) is 0.636. The molecule has 1 aromatic heterocycles. The lowest BCUT2D eigenvalue weighted by Gasteiger charge is -2.34. The third-order valence-electron chi connectivity index (χ3n) is 3.20. The van der Waals surface area contributed by atoms with Crippen LogP contribution in [0.3, 0.4) is 0 Å². The summed E-state index contributed by atoms with van der Waals surface area (Å²) in [5.41, 5.74) is 0. The molecule has 0 aromatic carbocycles. The number of rotatable bonds is 3. The highest BCUT2D eigenvalue weighted by Crippen LogP contribution is 2.32. The Morgan fingerprint density at radius 1 is 1.53 bits per heavy atom. The van der Waals surface area contributed by atoms with Crippen LogP contribution in [-0.4, -0.2) is 35.6 Å². The molecule has 4 nitrogen and oxygen atoms in total. The highest BCUT2D eigenvalue weighted by atomic mass is 35.5. The Morgan fingerprint density at radius 2 is 2.24 bits per heavy atom. The highest BCUT2D eigenvalue weighted by molar-refractivity contribution is 7.17. The average molecular weight is 275 g/mol. The van der Waals surface area contributed by atoms with Gasteiger partial charge in [0.05, 0.1) is 12.1 Å². The fourth-order valence-corrected chi connectivity index (χ4v) is 3.29. The molecule has 2 unspecified atom stereocenters. The van der Waals surface area contributed by atoms with Crippen LogP contribution in [0.2, 0.25) is 5.15 Å². The molecule has 0 amide bonds. The first-order valence-electron chi connectivity index (χ1n) is 5.66. The van der Waals surface area contributed by atoms with Gasteiger partial charge < -0.3 is 10.0 Å². The molecule has 0 radical (unpaired) electrons. The molecule has 6 heteroatoms. The lowest BCUT2D eigenvalue weighted by molar-refractivity contribution is 0.106. The van der Waals surface area contributed by atoms with Gasteiger partial charge in [-0.1, -0.05) is 35.8 Å². The van der Waals surface area contributed by atoms with Crippen LogP contribution in [0, 0.1) is 0 Å². The van der Waals surface area contributed by atoms with Gasteiger partial charge in [0.15, 0.2) is 16.6 Å². The molecular formula is C11H15ClN2O2S. The van der Waals surface area contributed by atoms with Crippen LogP contribution in [-0.2, 0) is 0 Å². The van der Waals surface area contributed by atoms with Gasteiger partial charge in [-0.3, -0.25) is 4.79 Å². The predicted octanol–water partition coefficient (Wildman–Crippen LogP) is 2.35. The first-order chi connectivity index (χ1) is 8.13. The fourth-order valence-electron chi connectivity index (χ4n) is 2.21. The second-order valence-corrected chi connectivity index (χ2v) is 5.67. The van der Waals surface area contributed by atoms with Crippen molar-refractivity contribution in [2.75, 3.05) is 11.9 Å². The van der Waals surface area contributed by atoms with Crippen molar-refractivity contribution >= 4 is 34.4 Å². The number of anilines is 1. The molecule has 17 heavy (non-hydrogen) atoms. The lowest BCUT2D eigenvalue weighted by Crippen LogP contribution is -2.43. The van der Waals surface area contributed by atoms with Crippen LogP contribution in [0.4, 0.5) is 5.13 Å². The van der Waals surface area contributed by atoms with Crippen molar-refractivity contribution < 1.29 is 9.90 Å². The van der Waals surface area contributed by atoms with E-state index in [4.69, 9.17) is 11.6 Å². The summed E-state index contributed by atoms with van der Waals surface area (Å²) in [4.78, 5) is 17.3. The molecule has 0 aliphatic heterocycles. The highest BCUT2D eigenvalue weighted by Gasteiger charge is 2.28. The molecule has 1 N–H and O–H groups in total. The summed E-state index contributed by atoms with van der Waals surface area (Å²) in [5.74, 6) is 0. The number of aromatic nitrogens is 1. The van der Waals surface area contributed by atoms with E-state index in [0.717, 1.165) is 25.7 Å². The molecule has 2 rings (SSSR count). The van der Waals surface area contributed by atoms with Crippen LogP contribution < -0.4 is 4.90 Å². The number of carbonyl (C=O) groups is 1. The summed E-state index contributed by atoms with van der Waals surface area (Å²) in [7, 11) is 1.89. The second kappa shape index (κ2) is 5.33. The third-order valence-corrected chi connectivity index (χ3v) is 4.67. The molecule has 0 bridgehead atoms. The monoisotopic (exact) mass is 274 g/mol. The Morgan fingerprint density at radius 3 is 2.82 bits per heavy atom. The quantitative estimate of drug-likeness (QED) is 0.860. The summed E-state index contributed by atoms with van der Waals surface area (Å²) < 4.78 is 0. The van der Waals surface area contributed by atoms with Crippen molar-refractivity contribution in [2.45, 2.75) is 37.8 Å². The summed E-state index contributed by atoms with van der Waals surface area (Å²) in [5, 5.41) is 10.9. The number of likely N-dealkylation sites (N-methyl/N-ethyl adjacent to an activating group) is 1. The number of carbonyl (C=O) groups excluding carboxylic acids is 1. The molecule has 2 atom stereocenters. The van der Waals surface area contributed by atoms with Gasteiger partial charge in [0.2, 0.25) is 0 Å². The molecule has 1 heterocycles. The normalized spacial score (nSPS) is 24.6. The first-order valence-corrected chi connectivity index (χ1v) is 6.85. The van der Waals surface area contributed by atoms with E-state index in [9.17, 15) is 9.90 Å². The van der Waals surface area contributed by atoms with Crippen molar-refractivity contribution in [3.63, 3.8) is 0 Å². The van der Waals surface area contributed by atoms with Gasteiger partial charge >= 0.3 is 0 Å². The van der Waals surface area contributed by atoms with Crippen LogP contribution in [0.1, 0.15) is 35.4 Å². The third kappa shape index (κ3) is 2.61. The van der Waals surface area contributed by atoms with E-state index in [1.165, 1.54) is 11.3 Å². The van der Waals surface area contributed by atoms with Gasteiger partial charge in [-0.15, -0.1) is 0 Å². The summed E-state index contributed by atoms with van der Waals surface area (Å²) in [6.45, 7) is 0. The van der Waals surface area contributed by atoms with Crippen LogP contribution in [0.5, 0.6) is 0 Å². The maximum absolute atomic E-state index is 10.7. The van der Waals surface area contributed by atoms with Crippen molar-refractivity contribution in [2.24, 2.45) is 0 Å². The zero-order valence-corrected chi connectivity index (χ0v) is 11.2. The maximum atomic E-state index is 10.7. The minimum Gasteiger partial charge on any atom is -0.391 e. The standard InChI is InChI=1S/C11H15ClN2O2S/c1-14(7-4-2-3-5-8(7)16)11-13-10(12)9(6-15)17-11/h6-8,16H,2-5H2,1H3. The zero-order valence-electron chi connectivity index (χ0n) is 9.60. The van der Waals surface area contributed by atoms with Gasteiger partial charge in [0.25, 0.3) is 0 Å². The number of hydrogen-bond acceptors (Lipinski definition) is 5. The molecule has 0 saturated heterocycles. The molecular weight excluding hydrogens is 260 g/mol. The number of nitrogens with zero attached hydrogens (tertiary/aromatic N) is 2. The van der Waals surface area contributed by atoms with E-state index < -0.39 is 0 Å². The molecule has 1 aromatic rings. The second-order valence-electron chi connectivity index (χ2n) is 4.30. The van der Waals surface area contributed by atoms with Gasteiger partial charge in [0, 0.05) is 7.05 Å². The first kappa shape index (κ1) is 12.8. The van der Waals surface area contributed by atoms with Crippen LogP contribution in [0.15, 0.2) is 0 Å². The van der Waals surface area contributed by atoms with E-state index in [-0.39, 0.29) is 17.3 Å². The topological polar surface area (TPSA) is 53.4 Å². The number of thiazole rings is 1. The van der Waals surface area contributed by atoms with Crippen molar-refractivity contribution in [1.82, 2.24) is 4.98 Å². The SMILES string of the molecule is CN(c1nc(Cl)c(C=O)s1)C1CCCCC1O. The Balaban J connectivity index is 2.17. The van der Waals surface area contributed by atoms with E-state index >= 15 is 0 Å². The van der Waals surface area contributed by atoms with E-state index in [1.54, 1.807) is 0 Å². The predicted molar refractivity (Wildman–Crippen MR) is 69.2 cm³/mol. The minimum atomic E-state index is -0.323. The van der Waals surface area contributed by atoms with E-state index in [0.29, 0.717) is 16.3 Å². The number of halogens is 1. The number of hydrogen-bond donors (Lipinski definition) is 1. The van der Waals surface area contributed by atoms with Crippen LogP contribution >= 0.6 is 22.9 Å². The zero-order chi connectivity index (χ0) is 12.4. The van der Waals surface area contributed by atoms with Crippen LogP contribution in [0.25, 0.3) is 0 Å². The Bertz CT molecular complexity index is 410. The molecule has 1 aliphatic rings. The number of aldehydes is 1. The molecule has 1 aliphatic carbocycles. The van der Waals surface area contributed by atoms with E-state index in [1.807, 2.05) is 11.9 Å². The number of aliphatic hydroxyl groups is 1. The smallest absolute Gasteiger partial charge is 0.187 e. The summed E-state index contributed by atoms with van der Waals surface area (Å²) >= 11 is 7.11. The van der Waals surface area contributed by atoms with Gasteiger partial charge in [-0.05, 0) is 12.8 Å².